The molecule has 1 aliphatic heterocycles. The fourth-order valence-corrected chi connectivity index (χ4v) is 4.07. The molecule has 0 aromatic heterocycles. The molecule has 2 N–H and O–H groups in total. The summed E-state index contributed by atoms with van der Waals surface area (Å²) < 4.78 is 37.4. The van der Waals surface area contributed by atoms with Crippen LogP contribution in [0.5, 0.6) is 17.2 Å². The van der Waals surface area contributed by atoms with Crippen LogP contribution < -0.4 is 24.4 Å². The zero-order chi connectivity index (χ0) is 21.3. The van der Waals surface area contributed by atoms with Crippen molar-refractivity contribution in [1.29, 1.82) is 0 Å². The van der Waals surface area contributed by atoms with Crippen LogP contribution in [0.25, 0.3) is 0 Å². The lowest BCUT2D eigenvalue weighted by Crippen LogP contribution is -2.27. The van der Waals surface area contributed by atoms with Gasteiger partial charge in [-0.25, -0.2) is 17.9 Å². The second-order valence-electron chi connectivity index (χ2n) is 5.80. The van der Waals surface area contributed by atoms with Gasteiger partial charge in [0.1, 0.15) is 22.9 Å². The molecule has 29 heavy (non-hydrogen) atoms. The van der Waals surface area contributed by atoms with Crippen LogP contribution in [-0.2, 0) is 14.8 Å². The highest BCUT2D eigenvalue weighted by Crippen LogP contribution is 2.41. The summed E-state index contributed by atoms with van der Waals surface area (Å²) in [6.07, 6.45) is 0. The molecule has 0 saturated carbocycles. The van der Waals surface area contributed by atoms with Crippen molar-refractivity contribution < 1.29 is 27.5 Å². The van der Waals surface area contributed by atoms with Crippen LogP contribution in [0.3, 0.4) is 0 Å². The lowest BCUT2D eigenvalue weighted by atomic mass is 10.2. The second-order valence-corrected chi connectivity index (χ2v) is 8.47. The Hall–Kier alpha value is -2.53. The van der Waals surface area contributed by atoms with Crippen LogP contribution >= 0.6 is 23.2 Å². The smallest absolute Gasteiger partial charge is 0.329 e. The van der Waals surface area contributed by atoms with Gasteiger partial charge in [-0.2, -0.15) is 0 Å². The van der Waals surface area contributed by atoms with Gasteiger partial charge >= 0.3 is 6.03 Å². The molecule has 0 aliphatic carbocycles. The number of methoxy groups -OCH3 is 1. The third-order valence-electron chi connectivity index (χ3n) is 4.00. The number of sulfonamides is 1. The van der Waals surface area contributed by atoms with Crippen molar-refractivity contribution in [2.24, 2.45) is 0 Å². The Labute approximate surface area is 176 Å². The van der Waals surface area contributed by atoms with Crippen molar-refractivity contribution >= 4 is 50.9 Å². The van der Waals surface area contributed by atoms with Crippen LogP contribution in [0.4, 0.5) is 10.5 Å². The molecular weight excluding hydrogens is 445 g/mol. The van der Waals surface area contributed by atoms with E-state index < -0.39 is 22.0 Å². The number of carbonyl (C=O) groups is 2. The first-order valence-electron chi connectivity index (χ1n) is 8.06. The third kappa shape index (κ3) is 4.25. The number of anilines is 1. The van der Waals surface area contributed by atoms with E-state index in [1.807, 2.05) is 0 Å². The first kappa shape index (κ1) is 21.2. The number of nitrogens with one attached hydrogen (secondary N) is 2. The van der Waals surface area contributed by atoms with E-state index in [1.165, 1.54) is 49.4 Å². The predicted octanol–water partition coefficient (Wildman–Crippen LogP) is 2.76. The molecule has 0 bridgehead atoms. The summed E-state index contributed by atoms with van der Waals surface area (Å²) in [6.45, 7) is -0.157. The highest BCUT2D eigenvalue weighted by molar-refractivity contribution is 7.89. The quantitative estimate of drug-likeness (QED) is 0.641. The fourth-order valence-electron chi connectivity index (χ4n) is 2.61. The average molecular weight is 460 g/mol. The van der Waals surface area contributed by atoms with E-state index >= 15 is 0 Å². The van der Waals surface area contributed by atoms with Crippen molar-refractivity contribution in [1.82, 2.24) is 10.0 Å². The number of ether oxygens (including phenoxy) is 2. The summed E-state index contributed by atoms with van der Waals surface area (Å²) in [4.78, 5) is 24.2. The Morgan fingerprint density at radius 1 is 1.14 bits per heavy atom. The normalized spacial score (nSPS) is 14.1. The minimum absolute atomic E-state index is 0.0565. The van der Waals surface area contributed by atoms with Crippen molar-refractivity contribution in [2.45, 2.75) is 4.90 Å². The predicted molar refractivity (Wildman–Crippen MR) is 107 cm³/mol. The fraction of sp³-hybridized carbons (Fsp3) is 0.176. The summed E-state index contributed by atoms with van der Waals surface area (Å²) in [6, 6.07) is 6.41. The second kappa shape index (κ2) is 8.07. The van der Waals surface area contributed by atoms with Gasteiger partial charge in [0, 0.05) is 11.8 Å². The maximum Gasteiger partial charge on any atom is 0.329 e. The molecule has 9 nitrogen and oxygen atoms in total. The van der Waals surface area contributed by atoms with Crippen LogP contribution in [0, 0.1) is 0 Å². The van der Waals surface area contributed by atoms with Crippen LogP contribution in [0.15, 0.2) is 35.2 Å². The molecule has 12 heteroatoms. The van der Waals surface area contributed by atoms with Gasteiger partial charge in [-0.15, -0.1) is 0 Å². The van der Waals surface area contributed by atoms with Crippen LogP contribution in [0.2, 0.25) is 10.0 Å². The van der Waals surface area contributed by atoms with E-state index in [-0.39, 0.29) is 38.7 Å². The third-order valence-corrected chi connectivity index (χ3v) is 6.00. The summed E-state index contributed by atoms with van der Waals surface area (Å²) in [5.74, 6) is -0.116. The molecule has 0 unspecified atom stereocenters. The first-order valence-corrected chi connectivity index (χ1v) is 10.3. The van der Waals surface area contributed by atoms with Gasteiger partial charge < -0.3 is 9.47 Å². The standard InChI is InChI=1S/C17H15Cl2N3O6S/c1-20-29(25,26)14-7-10(3-4-13(14)27-2)28-16-11(18)5-9(6-12(16)19)22-8-15(23)21-17(22)24/h3-7,20H,8H2,1-2H3,(H,21,23,24). The van der Waals surface area contributed by atoms with Gasteiger partial charge in [-0.3, -0.25) is 15.0 Å². The van der Waals surface area contributed by atoms with Gasteiger partial charge in [0.2, 0.25) is 15.9 Å². The summed E-state index contributed by atoms with van der Waals surface area (Å²) in [7, 11) is -1.19. The van der Waals surface area contributed by atoms with E-state index in [0.29, 0.717) is 5.69 Å². The number of hydrogen-bond acceptors (Lipinski definition) is 6. The highest BCUT2D eigenvalue weighted by Gasteiger charge is 2.29. The zero-order valence-corrected chi connectivity index (χ0v) is 17.5. The van der Waals surface area contributed by atoms with Gasteiger partial charge in [0.05, 0.1) is 17.2 Å². The molecule has 0 radical (unpaired) electrons. The number of imide groups is 1. The molecule has 1 aliphatic rings. The Kier molecular flexibility index (Phi) is 5.90. The largest absolute Gasteiger partial charge is 0.495 e. The molecule has 3 amide bonds. The molecule has 1 fully saturated rings. The van der Waals surface area contributed by atoms with Gasteiger partial charge in [0.25, 0.3) is 0 Å². The molecule has 154 valence electrons. The molecule has 1 saturated heterocycles. The monoisotopic (exact) mass is 459 g/mol. The van der Waals surface area contributed by atoms with E-state index in [1.54, 1.807) is 0 Å². The molecule has 0 spiro atoms. The van der Waals surface area contributed by atoms with Crippen molar-refractivity contribution in [2.75, 3.05) is 25.6 Å². The Balaban J connectivity index is 1.96. The van der Waals surface area contributed by atoms with E-state index in [2.05, 4.69) is 10.0 Å². The number of hydrogen-bond donors (Lipinski definition) is 2. The maximum absolute atomic E-state index is 12.2. The number of carbonyl (C=O) groups excluding carboxylic acids is 2. The van der Waals surface area contributed by atoms with Gasteiger partial charge in [0.15, 0.2) is 5.75 Å². The number of benzene rings is 2. The summed E-state index contributed by atoms with van der Waals surface area (Å²) in [5, 5.41) is 2.28. The molecular formula is C17H15Cl2N3O6S. The number of nitrogens with zero attached hydrogens (tertiary/aromatic N) is 1. The summed E-state index contributed by atoms with van der Waals surface area (Å²) in [5.41, 5.74) is 0.309. The molecule has 1 heterocycles. The lowest BCUT2D eigenvalue weighted by Gasteiger charge is -2.17. The van der Waals surface area contributed by atoms with Crippen molar-refractivity contribution in [3.05, 3.63) is 40.4 Å². The van der Waals surface area contributed by atoms with Gasteiger partial charge in [-0.05, 0) is 31.3 Å². The van der Waals surface area contributed by atoms with E-state index in [9.17, 15) is 18.0 Å². The van der Waals surface area contributed by atoms with Crippen LogP contribution in [-0.4, -0.2) is 41.1 Å². The molecule has 3 rings (SSSR count). The molecule has 2 aromatic carbocycles. The number of rotatable bonds is 6. The van der Waals surface area contributed by atoms with Crippen molar-refractivity contribution in [3.8, 4) is 17.2 Å². The number of amides is 3. The minimum atomic E-state index is -3.81. The van der Waals surface area contributed by atoms with E-state index in [4.69, 9.17) is 32.7 Å². The average Bonchev–Trinajstić information content (AvgIpc) is 3.02. The van der Waals surface area contributed by atoms with E-state index in [0.717, 1.165) is 0 Å². The first-order chi connectivity index (χ1) is 13.7. The minimum Gasteiger partial charge on any atom is -0.495 e. The Bertz CT molecular complexity index is 1080. The Morgan fingerprint density at radius 3 is 2.31 bits per heavy atom. The number of halogens is 2. The molecule has 2 aromatic rings. The zero-order valence-electron chi connectivity index (χ0n) is 15.2. The lowest BCUT2D eigenvalue weighted by molar-refractivity contribution is -0.117. The summed E-state index contributed by atoms with van der Waals surface area (Å²) >= 11 is 12.5. The highest BCUT2D eigenvalue weighted by atomic mass is 35.5. The SMILES string of the molecule is CNS(=O)(=O)c1cc(Oc2c(Cl)cc(N3CC(=O)NC3=O)cc2Cl)ccc1OC. The van der Waals surface area contributed by atoms with Crippen molar-refractivity contribution in [3.63, 3.8) is 0 Å². The van der Waals surface area contributed by atoms with Crippen LogP contribution in [0.1, 0.15) is 0 Å². The van der Waals surface area contributed by atoms with Gasteiger partial charge in [-0.1, -0.05) is 23.2 Å². The molecule has 0 atom stereocenters. The number of urea groups is 1. The maximum atomic E-state index is 12.2. The Morgan fingerprint density at radius 2 is 1.79 bits per heavy atom. The topological polar surface area (TPSA) is 114 Å².